The number of carbonyl (C=O) groups is 1. The van der Waals surface area contributed by atoms with Gasteiger partial charge < -0.3 is 25.4 Å². The summed E-state index contributed by atoms with van der Waals surface area (Å²) in [5.41, 5.74) is 2.77. The smallest absolute Gasteiger partial charge is 0.251 e. The number of hydrogen-bond donors (Lipinski definition) is 3. The highest BCUT2D eigenvalue weighted by molar-refractivity contribution is 14.0. The molecule has 176 valence electrons. The van der Waals surface area contributed by atoms with Crippen molar-refractivity contribution in [2.24, 2.45) is 4.99 Å². The first-order valence-corrected chi connectivity index (χ1v) is 10.7. The number of halogens is 1. The Bertz CT molecular complexity index is 857. The van der Waals surface area contributed by atoms with Crippen LogP contribution in [0.3, 0.4) is 0 Å². The van der Waals surface area contributed by atoms with Gasteiger partial charge in [0, 0.05) is 25.2 Å². The van der Waals surface area contributed by atoms with Gasteiger partial charge in [0.25, 0.3) is 5.91 Å². The summed E-state index contributed by atoms with van der Waals surface area (Å²) in [6, 6.07) is 13.4. The van der Waals surface area contributed by atoms with E-state index in [9.17, 15) is 4.79 Å². The van der Waals surface area contributed by atoms with Crippen LogP contribution >= 0.6 is 24.0 Å². The zero-order valence-corrected chi connectivity index (χ0v) is 21.7. The van der Waals surface area contributed by atoms with Crippen molar-refractivity contribution in [1.82, 2.24) is 16.0 Å². The van der Waals surface area contributed by atoms with Crippen LogP contribution in [0.4, 0.5) is 0 Å². The van der Waals surface area contributed by atoms with Crippen molar-refractivity contribution in [2.75, 3.05) is 27.3 Å². The molecule has 8 heteroatoms. The lowest BCUT2D eigenvalue weighted by molar-refractivity contribution is 0.0953. The van der Waals surface area contributed by atoms with Crippen LogP contribution in [0.2, 0.25) is 0 Å². The molecule has 0 saturated heterocycles. The van der Waals surface area contributed by atoms with Crippen molar-refractivity contribution in [3.8, 4) is 11.5 Å². The third-order valence-corrected chi connectivity index (χ3v) is 4.70. The summed E-state index contributed by atoms with van der Waals surface area (Å²) in [5.74, 6) is 2.08. The van der Waals surface area contributed by atoms with Gasteiger partial charge in [0.05, 0.1) is 20.8 Å². The van der Waals surface area contributed by atoms with Crippen LogP contribution in [0.15, 0.2) is 47.5 Å². The number of benzene rings is 2. The Balaban J connectivity index is 0.00000512. The van der Waals surface area contributed by atoms with Gasteiger partial charge in [0.2, 0.25) is 0 Å². The van der Waals surface area contributed by atoms with Gasteiger partial charge in [-0.1, -0.05) is 31.5 Å². The van der Waals surface area contributed by atoms with E-state index in [0.29, 0.717) is 36.7 Å². The van der Waals surface area contributed by atoms with Gasteiger partial charge in [-0.15, -0.1) is 24.0 Å². The molecule has 2 rings (SSSR count). The summed E-state index contributed by atoms with van der Waals surface area (Å²) in [6.45, 7) is 6.71. The van der Waals surface area contributed by atoms with Crippen molar-refractivity contribution in [3.63, 3.8) is 0 Å². The Labute approximate surface area is 208 Å². The Hall–Kier alpha value is -2.49. The molecule has 2 aromatic carbocycles. The summed E-state index contributed by atoms with van der Waals surface area (Å²) in [7, 11) is 3.24. The third-order valence-electron chi connectivity index (χ3n) is 4.70. The van der Waals surface area contributed by atoms with E-state index in [0.717, 1.165) is 36.5 Å². The van der Waals surface area contributed by atoms with Crippen molar-refractivity contribution in [1.29, 1.82) is 0 Å². The molecule has 0 aliphatic carbocycles. The van der Waals surface area contributed by atoms with Gasteiger partial charge in [-0.25, -0.2) is 4.99 Å². The number of unbranched alkanes of at least 4 members (excludes halogenated alkanes) is 1. The Morgan fingerprint density at radius 3 is 2.22 bits per heavy atom. The number of amides is 1. The Kier molecular flexibility index (Phi) is 13.2. The predicted octanol–water partition coefficient (Wildman–Crippen LogP) is 4.11. The number of nitrogens with one attached hydrogen (secondary N) is 3. The monoisotopic (exact) mass is 554 g/mol. The van der Waals surface area contributed by atoms with E-state index in [2.05, 4.69) is 27.9 Å². The highest BCUT2D eigenvalue weighted by Gasteiger charge is 2.06. The fourth-order valence-electron chi connectivity index (χ4n) is 2.93. The summed E-state index contributed by atoms with van der Waals surface area (Å²) >= 11 is 0. The molecule has 2 aromatic rings. The molecule has 0 radical (unpaired) electrons. The van der Waals surface area contributed by atoms with Crippen LogP contribution in [0, 0.1) is 0 Å². The lowest BCUT2D eigenvalue weighted by atomic mass is 10.1. The second kappa shape index (κ2) is 15.3. The summed E-state index contributed by atoms with van der Waals surface area (Å²) < 4.78 is 10.6. The van der Waals surface area contributed by atoms with Gasteiger partial charge in [-0.3, -0.25) is 4.79 Å². The number of rotatable bonds is 11. The molecule has 0 spiro atoms. The van der Waals surface area contributed by atoms with Crippen LogP contribution in [-0.4, -0.2) is 39.2 Å². The van der Waals surface area contributed by atoms with Gasteiger partial charge in [-0.05, 0) is 48.7 Å². The van der Waals surface area contributed by atoms with Gasteiger partial charge in [-0.2, -0.15) is 0 Å². The minimum absolute atomic E-state index is 0. The highest BCUT2D eigenvalue weighted by Crippen LogP contribution is 2.27. The fourth-order valence-corrected chi connectivity index (χ4v) is 2.93. The predicted molar refractivity (Wildman–Crippen MR) is 140 cm³/mol. The highest BCUT2D eigenvalue weighted by atomic mass is 127. The number of guanidine groups is 1. The average molecular weight is 554 g/mol. The van der Waals surface area contributed by atoms with Crippen LogP contribution in [0.5, 0.6) is 11.5 Å². The lowest BCUT2D eigenvalue weighted by Gasteiger charge is -2.12. The number of aliphatic imine (C=N–C) groups is 1. The summed E-state index contributed by atoms with van der Waals surface area (Å²) in [4.78, 5) is 16.8. The Morgan fingerprint density at radius 2 is 1.59 bits per heavy atom. The first-order valence-electron chi connectivity index (χ1n) is 10.7. The van der Waals surface area contributed by atoms with E-state index in [1.54, 1.807) is 14.2 Å². The molecule has 0 saturated carbocycles. The molecule has 1 amide bonds. The second-order valence-corrected chi connectivity index (χ2v) is 7.04. The fraction of sp³-hybridized carbons (Fsp3) is 0.417. The van der Waals surface area contributed by atoms with Crippen molar-refractivity contribution < 1.29 is 14.3 Å². The Morgan fingerprint density at radius 1 is 0.906 bits per heavy atom. The van der Waals surface area contributed by atoms with Crippen LogP contribution in [0.25, 0.3) is 0 Å². The molecule has 0 aliphatic rings. The van der Waals surface area contributed by atoms with Gasteiger partial charge in [0.15, 0.2) is 17.5 Å². The largest absolute Gasteiger partial charge is 0.493 e. The number of nitrogens with zero attached hydrogens (tertiary/aromatic N) is 1. The minimum Gasteiger partial charge on any atom is -0.493 e. The van der Waals surface area contributed by atoms with Crippen LogP contribution in [0.1, 0.15) is 48.2 Å². The molecule has 7 nitrogen and oxygen atoms in total. The molecule has 0 atom stereocenters. The first-order chi connectivity index (χ1) is 15.1. The second-order valence-electron chi connectivity index (χ2n) is 7.04. The lowest BCUT2D eigenvalue weighted by Crippen LogP contribution is -2.36. The molecule has 32 heavy (non-hydrogen) atoms. The maximum absolute atomic E-state index is 12.1. The minimum atomic E-state index is -0.0298. The average Bonchev–Trinajstić information content (AvgIpc) is 2.81. The van der Waals surface area contributed by atoms with E-state index in [1.165, 1.54) is 0 Å². The zero-order chi connectivity index (χ0) is 22.5. The summed E-state index contributed by atoms with van der Waals surface area (Å²) in [6.07, 6.45) is 2.05. The van der Waals surface area contributed by atoms with Crippen LogP contribution < -0.4 is 25.4 Å². The summed E-state index contributed by atoms with van der Waals surface area (Å²) in [5, 5.41) is 9.52. The molecule has 0 aliphatic heterocycles. The van der Waals surface area contributed by atoms with Gasteiger partial charge >= 0.3 is 0 Å². The molecular weight excluding hydrogens is 519 g/mol. The van der Waals surface area contributed by atoms with Crippen LogP contribution in [-0.2, 0) is 13.1 Å². The maximum atomic E-state index is 12.1. The molecule has 0 aromatic heterocycles. The normalized spacial score (nSPS) is 10.7. The molecular formula is C24H35IN4O3. The van der Waals surface area contributed by atoms with E-state index in [4.69, 9.17) is 9.47 Å². The quantitative estimate of drug-likeness (QED) is 0.169. The number of methoxy groups -OCH3 is 2. The van der Waals surface area contributed by atoms with E-state index >= 15 is 0 Å². The molecule has 0 bridgehead atoms. The van der Waals surface area contributed by atoms with Crippen molar-refractivity contribution in [3.05, 3.63) is 59.2 Å². The molecule has 0 heterocycles. The maximum Gasteiger partial charge on any atom is 0.251 e. The topological polar surface area (TPSA) is 84.0 Å². The molecule has 0 unspecified atom stereocenters. The third kappa shape index (κ3) is 8.94. The zero-order valence-electron chi connectivity index (χ0n) is 19.4. The molecule has 3 N–H and O–H groups in total. The number of ether oxygens (including phenoxy) is 2. The van der Waals surface area contributed by atoms with Crippen molar-refractivity contribution in [2.45, 2.75) is 39.8 Å². The number of hydrogen-bond acceptors (Lipinski definition) is 4. The first kappa shape index (κ1) is 27.5. The van der Waals surface area contributed by atoms with E-state index in [-0.39, 0.29) is 29.9 Å². The SMILES string of the molecule is CCCCNC(=O)c1ccc(CNC(=NCc2ccc(OC)c(OC)c2)NCC)cc1.I. The van der Waals surface area contributed by atoms with Crippen molar-refractivity contribution >= 4 is 35.8 Å². The van der Waals surface area contributed by atoms with Gasteiger partial charge in [0.1, 0.15) is 0 Å². The van der Waals surface area contributed by atoms with E-state index in [1.807, 2.05) is 49.4 Å². The van der Waals surface area contributed by atoms with E-state index < -0.39 is 0 Å². The molecule has 0 fully saturated rings. The standard InChI is InChI=1S/C24H34N4O3.HI/c1-5-7-14-26-23(29)20-11-8-18(9-12-20)16-27-24(25-6-2)28-17-19-10-13-21(30-3)22(15-19)31-4;/h8-13,15H,5-7,14,16-17H2,1-4H3,(H,26,29)(H2,25,27,28);1H. The number of carbonyl (C=O) groups excluding carboxylic acids is 1.